The second-order valence-corrected chi connectivity index (χ2v) is 4.30. The second-order valence-electron chi connectivity index (χ2n) is 4.30. The van der Waals surface area contributed by atoms with E-state index in [0.717, 1.165) is 26.2 Å². The van der Waals surface area contributed by atoms with Crippen LogP contribution in [0.5, 0.6) is 0 Å². The van der Waals surface area contributed by atoms with E-state index in [1.807, 2.05) is 4.90 Å². The van der Waals surface area contributed by atoms with Crippen LogP contribution in [0.1, 0.15) is 6.42 Å². The molecule has 2 rings (SSSR count). The highest BCUT2D eigenvalue weighted by Crippen LogP contribution is 2.28. The molecule has 14 heavy (non-hydrogen) atoms. The number of nitrogens with zero attached hydrogens (tertiary/aromatic N) is 1. The number of nitrogens with one attached hydrogen (secondary N) is 1. The minimum Gasteiger partial charge on any atom is -0.316 e. The Morgan fingerprint density at radius 1 is 1.14 bits per heavy atom. The van der Waals surface area contributed by atoms with Gasteiger partial charge in [0.15, 0.2) is 0 Å². The van der Waals surface area contributed by atoms with E-state index in [1.165, 1.54) is 0 Å². The van der Waals surface area contributed by atoms with Crippen molar-refractivity contribution in [2.24, 2.45) is 11.8 Å². The van der Waals surface area contributed by atoms with Crippen LogP contribution < -0.4 is 5.32 Å². The molecule has 2 atom stereocenters. The summed E-state index contributed by atoms with van der Waals surface area (Å²) >= 11 is 0. The van der Waals surface area contributed by atoms with Crippen LogP contribution in [0, 0.1) is 11.8 Å². The Morgan fingerprint density at radius 2 is 1.71 bits per heavy atom. The fourth-order valence-corrected chi connectivity index (χ4v) is 2.42. The lowest BCUT2D eigenvalue weighted by Crippen LogP contribution is -2.29. The number of halogens is 3. The fraction of sp³-hybridized carbons (Fsp3) is 1.00. The van der Waals surface area contributed by atoms with Crippen molar-refractivity contribution in [2.75, 3.05) is 32.7 Å². The van der Waals surface area contributed by atoms with E-state index in [1.54, 1.807) is 0 Å². The molecule has 1 N–H and O–H groups in total. The Kier molecular flexibility index (Phi) is 2.70. The molecule has 0 bridgehead atoms. The summed E-state index contributed by atoms with van der Waals surface area (Å²) < 4.78 is 35.9. The SMILES string of the molecule is FC(F)(F)CCN1C[C@H]2CNC[C@H]2C1. The van der Waals surface area contributed by atoms with Crippen LogP contribution in [-0.2, 0) is 0 Å². The van der Waals surface area contributed by atoms with Crippen LogP contribution in [0.15, 0.2) is 0 Å². The lowest BCUT2D eigenvalue weighted by molar-refractivity contribution is -0.137. The maximum absolute atomic E-state index is 12.0. The van der Waals surface area contributed by atoms with E-state index in [9.17, 15) is 13.2 Å². The Balaban J connectivity index is 1.74. The largest absolute Gasteiger partial charge is 0.390 e. The molecule has 2 aliphatic rings. The number of alkyl halides is 3. The van der Waals surface area contributed by atoms with Gasteiger partial charge in [0.05, 0.1) is 6.42 Å². The maximum Gasteiger partial charge on any atom is 0.390 e. The molecule has 0 radical (unpaired) electrons. The average Bonchev–Trinajstić information content (AvgIpc) is 2.56. The fourth-order valence-electron chi connectivity index (χ4n) is 2.42. The average molecular weight is 208 g/mol. The molecule has 0 aromatic rings. The minimum absolute atomic E-state index is 0.177. The Morgan fingerprint density at radius 3 is 2.21 bits per heavy atom. The first-order valence-corrected chi connectivity index (χ1v) is 5.04. The molecule has 0 amide bonds. The van der Waals surface area contributed by atoms with Gasteiger partial charge in [0.1, 0.15) is 0 Å². The highest BCUT2D eigenvalue weighted by Gasteiger charge is 2.37. The predicted molar refractivity (Wildman–Crippen MR) is 47.0 cm³/mol. The van der Waals surface area contributed by atoms with Crippen LogP contribution in [0.2, 0.25) is 0 Å². The standard InChI is InChI=1S/C9H15F3N2/c10-9(11,12)1-2-14-5-7-3-13-4-8(7)6-14/h7-8,13H,1-6H2/t7-,8+. The summed E-state index contributed by atoms with van der Waals surface area (Å²) in [5.74, 6) is 1.17. The summed E-state index contributed by atoms with van der Waals surface area (Å²) in [5.41, 5.74) is 0. The molecule has 0 unspecified atom stereocenters. The van der Waals surface area contributed by atoms with E-state index in [0.29, 0.717) is 11.8 Å². The van der Waals surface area contributed by atoms with Crippen molar-refractivity contribution < 1.29 is 13.2 Å². The molecule has 0 saturated carbocycles. The summed E-state index contributed by atoms with van der Waals surface area (Å²) in [6, 6.07) is 0. The van der Waals surface area contributed by atoms with Gasteiger partial charge in [-0.25, -0.2) is 0 Å². The molecule has 5 heteroatoms. The third-order valence-electron chi connectivity index (χ3n) is 3.18. The van der Waals surface area contributed by atoms with Crippen molar-refractivity contribution in [3.8, 4) is 0 Å². The molecule has 0 aliphatic carbocycles. The van der Waals surface area contributed by atoms with Gasteiger partial charge in [0.25, 0.3) is 0 Å². The van der Waals surface area contributed by atoms with E-state index >= 15 is 0 Å². The number of hydrogen-bond donors (Lipinski definition) is 1. The van der Waals surface area contributed by atoms with E-state index < -0.39 is 12.6 Å². The number of fused-ring (bicyclic) bond motifs is 1. The van der Waals surface area contributed by atoms with Crippen molar-refractivity contribution in [1.82, 2.24) is 10.2 Å². The van der Waals surface area contributed by atoms with Crippen molar-refractivity contribution >= 4 is 0 Å². The topological polar surface area (TPSA) is 15.3 Å². The van der Waals surface area contributed by atoms with Gasteiger partial charge >= 0.3 is 6.18 Å². The normalized spacial score (nSPS) is 33.6. The van der Waals surface area contributed by atoms with Gasteiger partial charge in [-0.15, -0.1) is 0 Å². The summed E-state index contributed by atoms with van der Waals surface area (Å²) in [5, 5.41) is 3.27. The summed E-state index contributed by atoms with van der Waals surface area (Å²) in [7, 11) is 0. The molecular formula is C9H15F3N2. The first kappa shape index (κ1) is 10.2. The first-order valence-electron chi connectivity index (χ1n) is 5.04. The van der Waals surface area contributed by atoms with E-state index in [2.05, 4.69) is 5.32 Å². The van der Waals surface area contributed by atoms with Gasteiger partial charge in [-0.05, 0) is 24.9 Å². The first-order chi connectivity index (χ1) is 6.54. The van der Waals surface area contributed by atoms with E-state index in [4.69, 9.17) is 0 Å². The van der Waals surface area contributed by atoms with E-state index in [-0.39, 0.29) is 6.54 Å². The molecule has 2 saturated heterocycles. The quantitative estimate of drug-likeness (QED) is 0.730. The third-order valence-corrected chi connectivity index (χ3v) is 3.18. The molecule has 82 valence electrons. The molecule has 2 fully saturated rings. The molecule has 2 nitrogen and oxygen atoms in total. The molecule has 2 aliphatic heterocycles. The highest BCUT2D eigenvalue weighted by molar-refractivity contribution is 4.91. The van der Waals surface area contributed by atoms with Gasteiger partial charge in [-0.3, -0.25) is 0 Å². The van der Waals surface area contributed by atoms with Crippen LogP contribution in [0.3, 0.4) is 0 Å². The van der Waals surface area contributed by atoms with Gasteiger partial charge in [0.2, 0.25) is 0 Å². The molecule has 0 spiro atoms. The lowest BCUT2D eigenvalue weighted by Gasteiger charge is -2.17. The third kappa shape index (κ3) is 2.39. The van der Waals surface area contributed by atoms with Crippen LogP contribution in [-0.4, -0.2) is 43.8 Å². The Bertz CT molecular complexity index is 193. The number of likely N-dealkylation sites (tertiary alicyclic amines) is 1. The molecule has 0 aromatic carbocycles. The summed E-state index contributed by atoms with van der Waals surface area (Å²) in [4.78, 5) is 1.95. The summed E-state index contributed by atoms with van der Waals surface area (Å²) in [6.45, 7) is 3.82. The number of hydrogen-bond acceptors (Lipinski definition) is 2. The van der Waals surface area contributed by atoms with Gasteiger partial charge in [0, 0.05) is 19.6 Å². The van der Waals surface area contributed by atoms with Crippen molar-refractivity contribution in [1.29, 1.82) is 0 Å². The lowest BCUT2D eigenvalue weighted by atomic mass is 10.0. The Labute approximate surface area is 81.5 Å². The Hall–Kier alpha value is -0.290. The van der Waals surface area contributed by atoms with Gasteiger partial charge < -0.3 is 10.2 Å². The highest BCUT2D eigenvalue weighted by atomic mass is 19.4. The van der Waals surface area contributed by atoms with Crippen LogP contribution in [0.4, 0.5) is 13.2 Å². The van der Waals surface area contributed by atoms with Crippen molar-refractivity contribution in [2.45, 2.75) is 12.6 Å². The van der Waals surface area contributed by atoms with Gasteiger partial charge in [-0.2, -0.15) is 13.2 Å². The zero-order chi connectivity index (χ0) is 10.2. The van der Waals surface area contributed by atoms with Crippen molar-refractivity contribution in [3.63, 3.8) is 0 Å². The summed E-state index contributed by atoms with van der Waals surface area (Å²) in [6.07, 6.45) is -4.67. The monoisotopic (exact) mass is 208 g/mol. The van der Waals surface area contributed by atoms with Crippen LogP contribution >= 0.6 is 0 Å². The van der Waals surface area contributed by atoms with Crippen LogP contribution in [0.25, 0.3) is 0 Å². The molecule has 0 aromatic heterocycles. The zero-order valence-corrected chi connectivity index (χ0v) is 7.98. The smallest absolute Gasteiger partial charge is 0.316 e. The van der Waals surface area contributed by atoms with Gasteiger partial charge in [-0.1, -0.05) is 0 Å². The maximum atomic E-state index is 12.0. The predicted octanol–water partition coefficient (Wildman–Crippen LogP) is 1.09. The number of rotatable bonds is 2. The second kappa shape index (κ2) is 3.70. The zero-order valence-electron chi connectivity index (χ0n) is 7.98. The molecular weight excluding hydrogens is 193 g/mol. The van der Waals surface area contributed by atoms with Crippen molar-refractivity contribution in [3.05, 3.63) is 0 Å². The molecule has 2 heterocycles. The minimum atomic E-state index is -4.00.